The Kier molecular flexibility index (Phi) is 16.7. The third-order valence-electron chi connectivity index (χ3n) is 16.5. The first-order valence-electron chi connectivity index (χ1n) is 28.9. The lowest BCUT2D eigenvalue weighted by atomic mass is 9.86. The molecule has 26 heteroatoms. The number of benzene rings is 7. The number of pyridine rings is 1. The molecule has 7 aromatic carbocycles. The maximum absolute atomic E-state index is 15.3. The number of para-hydroxylation sites is 1. The molecule has 0 spiro atoms. The molecular formula is C69H48BF13N3O9. The van der Waals surface area contributed by atoms with Crippen molar-refractivity contribution in [1.82, 2.24) is 9.05 Å². The SMILES string of the molecule is CCOC(=O)C1=C(C)/C(=C(\c2c(C)cc(OC(=O)Cc3ccc(-n4c(=O)c5cc(-c6cc(C(F)(F)F)cc(C(F)(F)F)c6)c6oc7ccccc7c7c(-c8cc(C(F)(F)F)cc(C(F)(F)F)c8)cc(c4=O)c5c67)cc3)cc2C)c2c(C)c(C(=O)OCC)c(C)n2[B]F)N=C1C. The molecule has 12 nitrogen and oxygen atoms in total. The number of carbonyl (C=O) groups is 3. The number of esters is 3. The molecule has 0 fully saturated rings. The Morgan fingerprint density at radius 1 is 0.579 bits per heavy atom. The summed E-state index contributed by atoms with van der Waals surface area (Å²) in [5.41, 5.74) is -9.87. The van der Waals surface area contributed by atoms with Gasteiger partial charge in [0.1, 0.15) is 16.9 Å². The molecule has 0 unspecified atom stereocenters. The van der Waals surface area contributed by atoms with Crippen LogP contribution in [0.2, 0.25) is 0 Å². The second-order valence-corrected chi connectivity index (χ2v) is 22.5. The molecule has 1 radical (unpaired) electrons. The highest BCUT2D eigenvalue weighted by atomic mass is 19.4. The van der Waals surface area contributed by atoms with Crippen LogP contribution in [0.3, 0.4) is 0 Å². The van der Waals surface area contributed by atoms with Crippen LogP contribution < -0.4 is 15.9 Å². The maximum atomic E-state index is 15.3. The van der Waals surface area contributed by atoms with Gasteiger partial charge in [-0.05, 0) is 184 Å². The van der Waals surface area contributed by atoms with Gasteiger partial charge in [0.05, 0.1) is 70.1 Å². The average Bonchev–Trinajstić information content (AvgIpc) is 1.40. The summed E-state index contributed by atoms with van der Waals surface area (Å²) in [6.07, 6.45) is -22.1. The highest BCUT2D eigenvalue weighted by Crippen LogP contribution is 2.50. The molecule has 1 aliphatic rings. The van der Waals surface area contributed by atoms with Gasteiger partial charge in [-0.1, -0.05) is 30.3 Å². The fourth-order valence-corrected chi connectivity index (χ4v) is 12.5. The molecule has 3 aromatic heterocycles. The zero-order chi connectivity index (χ0) is 69.0. The predicted molar refractivity (Wildman–Crippen MR) is 329 cm³/mol. The summed E-state index contributed by atoms with van der Waals surface area (Å²) >= 11 is 0. The van der Waals surface area contributed by atoms with Crippen LogP contribution in [-0.2, 0) is 50.2 Å². The zero-order valence-electron chi connectivity index (χ0n) is 51.0. The average molecular weight is 1320 g/mol. The Morgan fingerprint density at radius 2 is 1.08 bits per heavy atom. The second kappa shape index (κ2) is 23.9. The number of aliphatic imine (C=N–C) groups is 1. The molecule has 1 aliphatic heterocycles. The minimum absolute atomic E-state index is 0.0136. The van der Waals surface area contributed by atoms with Crippen molar-refractivity contribution in [2.75, 3.05) is 13.2 Å². The molecule has 95 heavy (non-hydrogen) atoms. The molecule has 10 aromatic rings. The summed E-state index contributed by atoms with van der Waals surface area (Å²) in [5.74, 6) is -2.22. The maximum Gasteiger partial charge on any atom is 0.495 e. The lowest BCUT2D eigenvalue weighted by Crippen LogP contribution is -2.32. The van der Waals surface area contributed by atoms with Crippen molar-refractivity contribution in [3.8, 4) is 33.7 Å². The number of allylic oxidation sites excluding steroid dienone is 1. The highest BCUT2D eigenvalue weighted by Gasteiger charge is 2.41. The number of rotatable bonds is 13. The lowest BCUT2D eigenvalue weighted by molar-refractivity contribution is -0.144. The number of ether oxygens (including phenoxy) is 3. The number of hydrogen-bond acceptors (Lipinski definition) is 10. The Bertz CT molecular complexity index is 5020. The van der Waals surface area contributed by atoms with E-state index in [0.717, 1.165) is 16.6 Å². The Labute approximate surface area is 529 Å². The van der Waals surface area contributed by atoms with Crippen molar-refractivity contribution in [2.45, 2.75) is 86.5 Å². The Morgan fingerprint density at radius 3 is 1.60 bits per heavy atom. The van der Waals surface area contributed by atoms with Crippen LogP contribution in [0.25, 0.3) is 77.0 Å². The first-order chi connectivity index (χ1) is 44.6. The largest absolute Gasteiger partial charge is 0.495 e. The van der Waals surface area contributed by atoms with Crippen molar-refractivity contribution in [1.29, 1.82) is 0 Å². The van der Waals surface area contributed by atoms with Gasteiger partial charge in [-0.25, -0.2) is 14.2 Å². The number of hydrogen-bond donors (Lipinski definition) is 0. The molecule has 11 rings (SSSR count). The van der Waals surface area contributed by atoms with Crippen LogP contribution in [0.15, 0.2) is 145 Å². The molecular weight excluding hydrogens is 1270 g/mol. The van der Waals surface area contributed by atoms with Crippen LogP contribution in [-0.4, -0.2) is 53.6 Å². The molecule has 0 bridgehead atoms. The van der Waals surface area contributed by atoms with Gasteiger partial charge < -0.3 is 27.4 Å². The normalized spacial score (nSPS) is 13.8. The summed E-state index contributed by atoms with van der Waals surface area (Å²) in [7, 11) is 0.277. The first-order valence-corrected chi connectivity index (χ1v) is 28.9. The van der Waals surface area contributed by atoms with E-state index >= 15 is 13.9 Å². The highest BCUT2D eigenvalue weighted by molar-refractivity contribution is 6.32. The monoisotopic (exact) mass is 1320 g/mol. The molecule has 0 atom stereocenters. The van der Waals surface area contributed by atoms with Gasteiger partial charge in [-0.2, -0.15) is 52.7 Å². The van der Waals surface area contributed by atoms with Gasteiger partial charge in [-0.3, -0.25) is 19.4 Å². The summed E-state index contributed by atoms with van der Waals surface area (Å²) in [6.45, 7) is 13.0. The number of halogens is 13. The summed E-state index contributed by atoms with van der Waals surface area (Å²) in [4.78, 5) is 75.7. The van der Waals surface area contributed by atoms with Crippen molar-refractivity contribution in [3.63, 3.8) is 0 Å². The van der Waals surface area contributed by atoms with E-state index in [9.17, 15) is 67.1 Å². The van der Waals surface area contributed by atoms with Crippen molar-refractivity contribution in [2.24, 2.45) is 4.99 Å². The summed E-state index contributed by atoms with van der Waals surface area (Å²) in [6, 6.07) is 16.3. The smallest absolute Gasteiger partial charge is 0.462 e. The lowest BCUT2D eigenvalue weighted by Gasteiger charge is -2.21. The van der Waals surface area contributed by atoms with Crippen LogP contribution >= 0.6 is 0 Å². The molecule has 0 aliphatic carbocycles. The van der Waals surface area contributed by atoms with Gasteiger partial charge in [0.15, 0.2) is 0 Å². The zero-order valence-corrected chi connectivity index (χ0v) is 51.0. The van der Waals surface area contributed by atoms with Crippen LogP contribution in [0, 0.1) is 27.7 Å². The van der Waals surface area contributed by atoms with Crippen molar-refractivity contribution >= 4 is 80.4 Å². The number of aromatic nitrogens is 2. The topological polar surface area (TPSA) is 148 Å². The van der Waals surface area contributed by atoms with Gasteiger partial charge in [-0.15, -0.1) is 0 Å². The molecule has 4 heterocycles. The number of alkyl halides is 12. The fraction of sp³-hybridized carbons (Fsp3) is 0.217. The van der Waals surface area contributed by atoms with E-state index in [2.05, 4.69) is 0 Å². The molecule has 0 saturated carbocycles. The third-order valence-corrected chi connectivity index (χ3v) is 16.5. The van der Waals surface area contributed by atoms with E-state index < -0.39 is 126 Å². The fourth-order valence-electron chi connectivity index (χ4n) is 12.5. The Balaban J connectivity index is 1.04. The van der Waals surface area contributed by atoms with E-state index in [4.69, 9.17) is 23.6 Å². The molecule has 0 N–H and O–H groups in total. The predicted octanol–water partition coefficient (Wildman–Crippen LogP) is 17.1. The van der Waals surface area contributed by atoms with Gasteiger partial charge in [0.25, 0.3) is 11.1 Å². The standard InChI is InChI=1S/C69H48BF13N3O9/c1-9-92-64(90)53-32(5)59(84-34(53)7)58(60-33(6)54(65(91)93-10-2)35(8)86(60)70-83)52-30(3)19-44(20-31(52)4)94-51(87)21-36-15-17-43(18-16-36)85-62(88)48-28-46(37-22-39(66(71,72)73)26-40(23-37)67(74,75)76)55-45-13-11-12-14-50(45)95-61-47(29-49(63(85)89)56(48)57(55)61)38-24-41(68(77,78)79)27-42(25-38)69(80,81)82/h11-20,22-29H,9-10,21H2,1-8H3/b59-58-. The minimum Gasteiger partial charge on any atom is -0.462 e. The minimum atomic E-state index is -5.42. The first kappa shape index (κ1) is 66.2. The number of aryl methyl sites for hydroxylation is 2. The van der Waals surface area contributed by atoms with Crippen LogP contribution in [0.4, 0.5) is 57.0 Å². The molecule has 0 amide bonds. The van der Waals surface area contributed by atoms with E-state index in [-0.39, 0.29) is 100 Å². The van der Waals surface area contributed by atoms with Gasteiger partial charge >= 0.3 is 50.3 Å². The second-order valence-electron chi connectivity index (χ2n) is 22.5. The summed E-state index contributed by atoms with van der Waals surface area (Å²) < 4.78 is 215. The van der Waals surface area contributed by atoms with E-state index in [1.807, 2.05) is 0 Å². The van der Waals surface area contributed by atoms with E-state index in [0.29, 0.717) is 67.9 Å². The van der Waals surface area contributed by atoms with Crippen molar-refractivity contribution in [3.05, 3.63) is 214 Å². The quantitative estimate of drug-likeness (QED) is 0.0275. The third kappa shape index (κ3) is 11.7. The number of carbonyl (C=O) groups excluding carboxylic acids is 3. The number of nitrogens with zero attached hydrogens (tertiary/aromatic N) is 3. The molecule has 0 saturated heterocycles. The van der Waals surface area contributed by atoms with E-state index in [1.54, 1.807) is 48.5 Å². The number of fused-ring (bicyclic) bond motifs is 2. The molecule has 487 valence electrons. The Hall–Kier alpha value is -10.3. The van der Waals surface area contributed by atoms with Gasteiger partial charge in [0.2, 0.25) is 0 Å². The van der Waals surface area contributed by atoms with Crippen molar-refractivity contribution < 1.29 is 90.0 Å². The van der Waals surface area contributed by atoms with Crippen LogP contribution in [0.5, 0.6) is 5.75 Å². The van der Waals surface area contributed by atoms with E-state index in [1.165, 1.54) is 67.6 Å². The van der Waals surface area contributed by atoms with Gasteiger partial charge in [0, 0.05) is 54.8 Å². The summed E-state index contributed by atoms with van der Waals surface area (Å²) in [5, 5.41) is -2.28. The van der Waals surface area contributed by atoms with Crippen LogP contribution in [0.1, 0.15) is 99.5 Å².